The number of nitrogens with one attached hydrogen (secondary N) is 1. The van der Waals surface area contributed by atoms with E-state index in [0.717, 1.165) is 22.4 Å². The number of allylic oxidation sites excluding steroid dienone is 1. The first kappa shape index (κ1) is 23.3. The second kappa shape index (κ2) is 9.30. The molecule has 0 fully saturated rings. The maximum Gasteiger partial charge on any atom is 0.326 e. The minimum Gasteiger partial charge on any atom is -0.497 e. The molecule has 0 bridgehead atoms. The van der Waals surface area contributed by atoms with Gasteiger partial charge >= 0.3 is 6.03 Å². The van der Waals surface area contributed by atoms with Gasteiger partial charge in [0.1, 0.15) is 11.6 Å². The lowest BCUT2D eigenvalue weighted by atomic mass is 9.94. The Kier molecular flexibility index (Phi) is 6.01. The molecule has 2 heterocycles. The smallest absolute Gasteiger partial charge is 0.326 e. The summed E-state index contributed by atoms with van der Waals surface area (Å²) in [6, 6.07) is 19.0. The molecular weight excluding hydrogens is 459 g/mol. The summed E-state index contributed by atoms with van der Waals surface area (Å²) in [6.45, 7) is 5.49. The number of carbonyl (C=O) groups excluding carboxylic acids is 1. The van der Waals surface area contributed by atoms with Crippen molar-refractivity contribution >= 4 is 17.3 Å². The molecule has 4 aromatic rings. The van der Waals surface area contributed by atoms with Crippen molar-refractivity contribution in [1.82, 2.24) is 15.5 Å². The summed E-state index contributed by atoms with van der Waals surface area (Å²) in [5.41, 5.74) is 5.00. The Labute approximate surface area is 208 Å². The van der Waals surface area contributed by atoms with Crippen LogP contribution >= 0.6 is 0 Å². The quantitative estimate of drug-likeness (QED) is 0.365. The van der Waals surface area contributed by atoms with Crippen LogP contribution in [0.2, 0.25) is 0 Å². The number of hydrogen-bond acceptors (Lipinski definition) is 5. The molecule has 1 aromatic heterocycles. The van der Waals surface area contributed by atoms with Crippen LogP contribution in [0.25, 0.3) is 17.0 Å². The molecule has 1 N–H and O–H groups in total. The Bertz CT molecular complexity index is 1460. The Hall–Kier alpha value is -4.46. The zero-order valence-electron chi connectivity index (χ0n) is 20.4. The molecule has 7 nitrogen and oxygen atoms in total. The maximum atomic E-state index is 14.0. The minimum absolute atomic E-state index is 0.285. The van der Waals surface area contributed by atoms with E-state index in [2.05, 4.69) is 15.5 Å². The number of hydrogen-bond donors (Lipinski definition) is 1. The molecule has 5 rings (SSSR count). The van der Waals surface area contributed by atoms with Crippen molar-refractivity contribution in [3.05, 3.63) is 101 Å². The van der Waals surface area contributed by atoms with Gasteiger partial charge in [-0.05, 0) is 74.4 Å². The third-order valence-electron chi connectivity index (χ3n) is 6.30. The maximum absolute atomic E-state index is 14.0. The molecule has 1 aliphatic rings. The first-order valence-corrected chi connectivity index (χ1v) is 11.5. The number of carbonyl (C=O) groups is 1. The number of halogens is 1. The second-order valence-electron chi connectivity index (χ2n) is 8.71. The third-order valence-corrected chi connectivity index (χ3v) is 6.30. The zero-order valence-corrected chi connectivity index (χ0v) is 20.4. The van der Waals surface area contributed by atoms with Crippen LogP contribution < -0.4 is 15.0 Å². The van der Waals surface area contributed by atoms with Crippen LogP contribution in [0.15, 0.2) is 77.0 Å². The van der Waals surface area contributed by atoms with E-state index in [0.29, 0.717) is 28.3 Å². The summed E-state index contributed by atoms with van der Waals surface area (Å²) < 4.78 is 24.9. The van der Waals surface area contributed by atoms with Crippen LogP contribution in [-0.2, 0) is 0 Å². The standard InChI is InChI=1S/C28H25FN4O3/c1-16-5-7-19(8-6-16)25-24(27-31-26(32-36-27)20-9-12-22(35-4)13-10-20)18(3)33(28(34)30-25)21-11-14-23(29)17(2)15-21/h5-15,25H,1-4H3,(H,30,34). The van der Waals surface area contributed by atoms with E-state index in [-0.39, 0.29) is 17.7 Å². The molecule has 3 aromatic carbocycles. The molecule has 2 amide bonds. The number of amides is 2. The summed E-state index contributed by atoms with van der Waals surface area (Å²) in [6.07, 6.45) is 0. The monoisotopic (exact) mass is 484 g/mol. The first-order valence-electron chi connectivity index (χ1n) is 11.5. The fourth-order valence-corrected chi connectivity index (χ4v) is 4.30. The summed E-state index contributed by atoms with van der Waals surface area (Å²) >= 11 is 0. The van der Waals surface area contributed by atoms with Gasteiger partial charge in [-0.25, -0.2) is 9.18 Å². The lowest BCUT2D eigenvalue weighted by Gasteiger charge is -2.35. The predicted molar refractivity (Wildman–Crippen MR) is 135 cm³/mol. The van der Waals surface area contributed by atoms with Gasteiger partial charge in [0.2, 0.25) is 5.82 Å². The number of ether oxygens (including phenoxy) is 1. The summed E-state index contributed by atoms with van der Waals surface area (Å²) in [7, 11) is 1.60. The Morgan fingerprint density at radius 1 is 1.00 bits per heavy atom. The van der Waals surface area contributed by atoms with Gasteiger partial charge in [-0.15, -0.1) is 0 Å². The fourth-order valence-electron chi connectivity index (χ4n) is 4.30. The number of methoxy groups -OCH3 is 1. The highest BCUT2D eigenvalue weighted by Crippen LogP contribution is 2.39. The number of rotatable bonds is 5. The SMILES string of the molecule is COc1ccc(-c2noc(C3=C(C)N(c4ccc(F)c(C)c4)C(=O)NC3c3ccc(C)cc3)n2)cc1. The van der Waals surface area contributed by atoms with E-state index in [1.807, 2.05) is 62.4 Å². The summed E-state index contributed by atoms with van der Waals surface area (Å²) in [4.78, 5) is 19.5. The summed E-state index contributed by atoms with van der Waals surface area (Å²) in [5, 5.41) is 7.26. The van der Waals surface area contributed by atoms with Crippen molar-refractivity contribution in [3.63, 3.8) is 0 Å². The van der Waals surface area contributed by atoms with Gasteiger partial charge in [-0.3, -0.25) is 4.90 Å². The highest BCUT2D eigenvalue weighted by atomic mass is 19.1. The number of nitrogens with zero attached hydrogens (tertiary/aromatic N) is 3. The van der Waals surface area contributed by atoms with Gasteiger partial charge in [-0.2, -0.15) is 4.98 Å². The van der Waals surface area contributed by atoms with Crippen LogP contribution in [0.4, 0.5) is 14.9 Å². The van der Waals surface area contributed by atoms with Gasteiger partial charge in [0, 0.05) is 11.3 Å². The Morgan fingerprint density at radius 2 is 1.72 bits per heavy atom. The van der Waals surface area contributed by atoms with E-state index >= 15 is 0 Å². The minimum atomic E-state index is -0.514. The molecule has 0 saturated carbocycles. The van der Waals surface area contributed by atoms with Crippen molar-refractivity contribution in [2.75, 3.05) is 12.0 Å². The van der Waals surface area contributed by atoms with E-state index in [9.17, 15) is 9.18 Å². The van der Waals surface area contributed by atoms with Gasteiger partial charge < -0.3 is 14.6 Å². The molecule has 0 radical (unpaired) electrons. The fraction of sp³-hybridized carbons (Fsp3) is 0.179. The van der Waals surface area contributed by atoms with Crippen molar-refractivity contribution in [2.45, 2.75) is 26.8 Å². The highest BCUT2D eigenvalue weighted by Gasteiger charge is 2.36. The third kappa shape index (κ3) is 4.22. The van der Waals surface area contributed by atoms with Crippen molar-refractivity contribution in [1.29, 1.82) is 0 Å². The normalized spacial score (nSPS) is 15.8. The lowest BCUT2D eigenvalue weighted by molar-refractivity contribution is 0.244. The topological polar surface area (TPSA) is 80.5 Å². The van der Waals surface area contributed by atoms with Crippen LogP contribution in [0, 0.1) is 19.7 Å². The van der Waals surface area contributed by atoms with E-state index in [4.69, 9.17) is 9.26 Å². The first-order chi connectivity index (χ1) is 17.4. The second-order valence-corrected chi connectivity index (χ2v) is 8.71. The lowest BCUT2D eigenvalue weighted by Crippen LogP contribution is -2.46. The number of anilines is 1. The number of urea groups is 1. The molecule has 0 saturated heterocycles. The predicted octanol–water partition coefficient (Wildman–Crippen LogP) is 6.20. The molecule has 0 spiro atoms. The van der Waals surface area contributed by atoms with Crippen LogP contribution in [0.1, 0.15) is 35.5 Å². The number of aromatic nitrogens is 2. The molecular formula is C28H25FN4O3. The van der Waals surface area contributed by atoms with Crippen molar-refractivity contribution < 1.29 is 18.4 Å². The summed E-state index contributed by atoms with van der Waals surface area (Å²) in [5.74, 6) is 1.08. The average Bonchev–Trinajstić information content (AvgIpc) is 3.36. The Morgan fingerprint density at radius 3 is 2.39 bits per heavy atom. The molecule has 0 aliphatic carbocycles. The van der Waals surface area contributed by atoms with E-state index in [1.165, 1.54) is 11.0 Å². The van der Waals surface area contributed by atoms with Gasteiger partial charge in [-0.1, -0.05) is 35.0 Å². The largest absolute Gasteiger partial charge is 0.497 e. The van der Waals surface area contributed by atoms with Crippen LogP contribution in [0.3, 0.4) is 0 Å². The molecule has 1 atom stereocenters. The molecule has 8 heteroatoms. The Balaban J connectivity index is 1.64. The molecule has 182 valence electrons. The highest BCUT2D eigenvalue weighted by molar-refractivity contribution is 6.01. The van der Waals surface area contributed by atoms with Crippen LogP contribution in [0.5, 0.6) is 5.75 Å². The van der Waals surface area contributed by atoms with Crippen molar-refractivity contribution in [3.8, 4) is 17.1 Å². The van der Waals surface area contributed by atoms with E-state index < -0.39 is 6.04 Å². The van der Waals surface area contributed by atoms with E-state index in [1.54, 1.807) is 26.2 Å². The van der Waals surface area contributed by atoms with Gasteiger partial charge in [0.05, 0.1) is 24.4 Å². The molecule has 36 heavy (non-hydrogen) atoms. The van der Waals surface area contributed by atoms with Gasteiger partial charge in [0.15, 0.2) is 0 Å². The zero-order chi connectivity index (χ0) is 25.4. The van der Waals surface area contributed by atoms with Crippen molar-refractivity contribution in [2.24, 2.45) is 0 Å². The van der Waals surface area contributed by atoms with Crippen LogP contribution in [-0.4, -0.2) is 23.3 Å². The average molecular weight is 485 g/mol. The molecule has 1 aliphatic heterocycles. The van der Waals surface area contributed by atoms with Gasteiger partial charge in [0.25, 0.3) is 5.89 Å². The molecule has 1 unspecified atom stereocenters. The number of benzene rings is 3. The number of aryl methyl sites for hydroxylation is 2.